The van der Waals surface area contributed by atoms with E-state index in [1.54, 1.807) is 0 Å². The molecule has 0 aromatic carbocycles. The van der Waals surface area contributed by atoms with Crippen molar-refractivity contribution in [2.24, 2.45) is 0 Å². The van der Waals surface area contributed by atoms with E-state index in [1.165, 1.54) is 44.9 Å². The molecule has 2 N–H and O–H groups in total. The number of alkyl carbamates (subject to hydrolysis) is 1. The molecule has 0 aliphatic carbocycles. The van der Waals surface area contributed by atoms with E-state index in [2.05, 4.69) is 12.2 Å². The van der Waals surface area contributed by atoms with Crippen LogP contribution in [0.1, 0.15) is 98.8 Å². The third kappa shape index (κ3) is 19.5. The molecule has 0 rings (SSSR count). The topological polar surface area (TPSA) is 92.7 Å². The largest absolute Gasteiger partial charge is 0.444 e. The molecule has 0 aliphatic rings. The zero-order valence-corrected chi connectivity index (χ0v) is 17.0. The van der Waals surface area contributed by atoms with Gasteiger partial charge in [0.05, 0.1) is 5.75 Å². The van der Waals surface area contributed by atoms with Gasteiger partial charge in [0, 0.05) is 6.54 Å². The van der Waals surface area contributed by atoms with Gasteiger partial charge in [-0.05, 0) is 33.1 Å². The van der Waals surface area contributed by atoms with Crippen LogP contribution in [0.5, 0.6) is 0 Å². The van der Waals surface area contributed by atoms with Gasteiger partial charge in [0.15, 0.2) is 0 Å². The summed E-state index contributed by atoms with van der Waals surface area (Å²) in [5.74, 6) is -0.366. The van der Waals surface area contributed by atoms with Gasteiger partial charge in [-0.3, -0.25) is 4.55 Å². The Morgan fingerprint density at radius 3 is 1.96 bits per heavy atom. The van der Waals surface area contributed by atoms with Crippen molar-refractivity contribution >= 4 is 16.2 Å². The highest BCUT2D eigenvalue weighted by Crippen LogP contribution is 2.20. The standard InChI is InChI=1S/C18H37NO5S.CH4/c1-4-5-6-7-8-9-10-11-12-14-18(2,3)24-17(20)19-15-13-16-25(21,22)23;/h4-16H2,1-3H3,(H,19,20)(H,21,22,23);1H4. The van der Waals surface area contributed by atoms with E-state index in [1.807, 2.05) is 13.8 Å². The van der Waals surface area contributed by atoms with Crippen molar-refractivity contribution in [3.8, 4) is 0 Å². The minimum Gasteiger partial charge on any atom is -0.444 e. The number of nitrogens with one attached hydrogen (secondary N) is 1. The summed E-state index contributed by atoms with van der Waals surface area (Å²) in [5.41, 5.74) is -0.533. The summed E-state index contributed by atoms with van der Waals surface area (Å²) in [5, 5.41) is 2.51. The lowest BCUT2D eigenvalue weighted by molar-refractivity contribution is 0.0309. The molecule has 26 heavy (non-hydrogen) atoms. The fourth-order valence-corrected chi connectivity index (χ4v) is 3.15. The predicted octanol–water partition coefficient (Wildman–Crippen LogP) is 5.33. The van der Waals surface area contributed by atoms with Gasteiger partial charge in [-0.15, -0.1) is 0 Å². The fourth-order valence-electron chi connectivity index (χ4n) is 2.64. The van der Waals surface area contributed by atoms with E-state index < -0.39 is 21.8 Å². The first kappa shape index (κ1) is 27.4. The minimum absolute atomic E-state index is 0. The second-order valence-corrected chi connectivity index (χ2v) is 8.87. The fraction of sp³-hybridized carbons (Fsp3) is 0.947. The molecule has 0 unspecified atom stereocenters. The van der Waals surface area contributed by atoms with Crippen LogP contribution >= 0.6 is 0 Å². The molecule has 0 radical (unpaired) electrons. The molecule has 0 saturated heterocycles. The first-order chi connectivity index (χ1) is 11.7. The second-order valence-electron chi connectivity index (χ2n) is 7.29. The number of rotatable bonds is 15. The van der Waals surface area contributed by atoms with Crippen LogP contribution < -0.4 is 5.32 Å². The van der Waals surface area contributed by atoms with Crippen molar-refractivity contribution in [1.29, 1.82) is 0 Å². The first-order valence-corrected chi connectivity index (χ1v) is 11.2. The summed E-state index contributed by atoms with van der Waals surface area (Å²) < 4.78 is 35.1. The van der Waals surface area contributed by atoms with Gasteiger partial charge < -0.3 is 10.1 Å². The molecule has 158 valence electrons. The molecule has 0 atom stereocenters. The van der Waals surface area contributed by atoms with E-state index >= 15 is 0 Å². The molecule has 0 aliphatic heterocycles. The Morgan fingerprint density at radius 1 is 0.962 bits per heavy atom. The summed E-state index contributed by atoms with van der Waals surface area (Å²) >= 11 is 0. The van der Waals surface area contributed by atoms with Crippen molar-refractivity contribution in [2.75, 3.05) is 12.3 Å². The maximum absolute atomic E-state index is 11.7. The molecule has 6 nitrogen and oxygen atoms in total. The molecule has 1 amide bonds. The Labute approximate surface area is 161 Å². The van der Waals surface area contributed by atoms with Gasteiger partial charge in [-0.1, -0.05) is 65.7 Å². The van der Waals surface area contributed by atoms with Gasteiger partial charge in [0.2, 0.25) is 0 Å². The summed E-state index contributed by atoms with van der Waals surface area (Å²) in [6, 6.07) is 0. The average Bonchev–Trinajstić information content (AvgIpc) is 2.48. The number of amides is 1. The molecule has 7 heteroatoms. The molecule has 0 saturated carbocycles. The van der Waals surface area contributed by atoms with Crippen molar-refractivity contribution < 1.29 is 22.5 Å². The van der Waals surface area contributed by atoms with Crippen LogP contribution in [-0.2, 0) is 14.9 Å². The van der Waals surface area contributed by atoms with Gasteiger partial charge >= 0.3 is 6.09 Å². The number of carbonyl (C=O) groups excluding carboxylic acids is 1. The normalized spacial score (nSPS) is 11.7. The molecular weight excluding hydrogens is 354 g/mol. The van der Waals surface area contributed by atoms with E-state index in [-0.39, 0.29) is 26.1 Å². The summed E-state index contributed by atoms with van der Waals surface area (Å²) in [6.45, 7) is 6.15. The van der Waals surface area contributed by atoms with Crippen molar-refractivity contribution in [2.45, 2.75) is 104 Å². The van der Waals surface area contributed by atoms with Gasteiger partial charge in [-0.25, -0.2) is 4.79 Å². The third-order valence-electron chi connectivity index (χ3n) is 4.10. The number of ether oxygens (including phenoxy) is 1. The predicted molar refractivity (Wildman–Crippen MR) is 108 cm³/mol. The Bertz CT molecular complexity index is 449. The molecule has 0 bridgehead atoms. The maximum atomic E-state index is 11.7. The van der Waals surface area contributed by atoms with Gasteiger partial charge in [0.25, 0.3) is 10.1 Å². The second kappa shape index (κ2) is 15.3. The zero-order valence-electron chi connectivity index (χ0n) is 16.2. The van der Waals surface area contributed by atoms with Gasteiger partial charge in [-0.2, -0.15) is 8.42 Å². The number of hydrogen-bond donors (Lipinski definition) is 2. The van der Waals surface area contributed by atoms with Crippen molar-refractivity contribution in [3.05, 3.63) is 0 Å². The Kier molecular flexibility index (Phi) is 16.1. The van der Waals surface area contributed by atoms with Crippen molar-refractivity contribution in [3.63, 3.8) is 0 Å². The first-order valence-electron chi connectivity index (χ1n) is 9.58. The molecular formula is C19H41NO5S. The van der Waals surface area contributed by atoms with Crippen LogP contribution in [0.25, 0.3) is 0 Å². The molecule has 0 aromatic heterocycles. The van der Waals surface area contributed by atoms with E-state index in [4.69, 9.17) is 9.29 Å². The molecule has 0 aromatic rings. The Balaban J connectivity index is 0. The van der Waals surface area contributed by atoms with E-state index in [0.717, 1.165) is 19.3 Å². The monoisotopic (exact) mass is 395 g/mol. The summed E-state index contributed by atoms with van der Waals surface area (Å²) in [7, 11) is -3.98. The highest BCUT2D eigenvalue weighted by molar-refractivity contribution is 7.85. The zero-order chi connectivity index (χ0) is 19.2. The molecule has 0 spiro atoms. The van der Waals surface area contributed by atoms with Crippen LogP contribution in [0.15, 0.2) is 0 Å². The number of unbranched alkanes of at least 4 members (excludes halogenated alkanes) is 8. The number of hydrogen-bond acceptors (Lipinski definition) is 4. The summed E-state index contributed by atoms with van der Waals surface area (Å²) in [4.78, 5) is 11.7. The Hall–Kier alpha value is -0.820. The van der Waals surface area contributed by atoms with Crippen LogP contribution in [0.4, 0.5) is 4.79 Å². The quantitative estimate of drug-likeness (QED) is 0.289. The lowest BCUT2D eigenvalue weighted by atomic mass is 9.99. The van der Waals surface area contributed by atoms with Gasteiger partial charge in [0.1, 0.15) is 5.60 Å². The minimum atomic E-state index is -3.98. The van der Waals surface area contributed by atoms with Crippen LogP contribution in [-0.4, -0.2) is 37.0 Å². The maximum Gasteiger partial charge on any atom is 0.407 e. The van der Waals surface area contributed by atoms with E-state index in [9.17, 15) is 13.2 Å². The van der Waals surface area contributed by atoms with Crippen LogP contribution in [0, 0.1) is 0 Å². The highest BCUT2D eigenvalue weighted by atomic mass is 32.2. The number of carbonyl (C=O) groups is 1. The highest BCUT2D eigenvalue weighted by Gasteiger charge is 2.22. The smallest absolute Gasteiger partial charge is 0.407 e. The van der Waals surface area contributed by atoms with Crippen molar-refractivity contribution in [1.82, 2.24) is 5.32 Å². The molecule has 0 fully saturated rings. The lowest BCUT2D eigenvalue weighted by Crippen LogP contribution is -2.35. The average molecular weight is 396 g/mol. The third-order valence-corrected chi connectivity index (χ3v) is 4.90. The van der Waals surface area contributed by atoms with E-state index in [0.29, 0.717) is 0 Å². The van der Waals surface area contributed by atoms with Crippen LogP contribution in [0.3, 0.4) is 0 Å². The molecule has 0 heterocycles. The summed E-state index contributed by atoms with van der Waals surface area (Å²) in [6.07, 6.45) is 11.7. The lowest BCUT2D eigenvalue weighted by Gasteiger charge is -2.25. The van der Waals surface area contributed by atoms with Crippen LogP contribution in [0.2, 0.25) is 0 Å². The Morgan fingerprint density at radius 2 is 1.46 bits per heavy atom. The SMILES string of the molecule is C.CCCCCCCCCCCC(C)(C)OC(=O)NCCCS(=O)(=O)O.